The Morgan fingerprint density at radius 3 is 2.32 bits per heavy atom. The number of carbonyl (C=O) groups is 1. The molecule has 0 radical (unpaired) electrons. The molecule has 0 heterocycles. The van der Waals surface area contributed by atoms with Gasteiger partial charge in [-0.05, 0) is 36.1 Å². The third kappa shape index (κ3) is 3.55. The van der Waals surface area contributed by atoms with Gasteiger partial charge in [-0.1, -0.05) is 42.5 Å². The summed E-state index contributed by atoms with van der Waals surface area (Å²) in [6.45, 7) is 1.26. The lowest BCUT2D eigenvalue weighted by Crippen LogP contribution is -2.32. The highest BCUT2D eigenvalue weighted by Crippen LogP contribution is 2.29. The summed E-state index contributed by atoms with van der Waals surface area (Å²) >= 11 is 0. The van der Waals surface area contributed by atoms with E-state index in [2.05, 4.69) is 12.1 Å². The molecule has 0 N–H and O–H groups in total. The van der Waals surface area contributed by atoms with Crippen molar-refractivity contribution in [3.8, 4) is 0 Å². The molecule has 0 saturated heterocycles. The largest absolute Gasteiger partial charge is 0.380 e. The van der Waals surface area contributed by atoms with Gasteiger partial charge in [0.1, 0.15) is 0 Å². The van der Waals surface area contributed by atoms with E-state index in [-0.39, 0.29) is 5.91 Å². The van der Waals surface area contributed by atoms with E-state index in [1.807, 2.05) is 47.4 Å². The van der Waals surface area contributed by atoms with Crippen molar-refractivity contribution in [3.05, 3.63) is 71.3 Å². The molecule has 0 spiro atoms. The van der Waals surface area contributed by atoms with Gasteiger partial charge in [0, 0.05) is 25.3 Å². The third-order valence-electron chi connectivity index (χ3n) is 3.96. The number of methoxy groups -OCH3 is 1. The van der Waals surface area contributed by atoms with E-state index in [0.29, 0.717) is 19.2 Å². The fraction of sp³-hybridized carbons (Fsp3) is 0.316. The number of hydrogen-bond donors (Lipinski definition) is 0. The fourth-order valence-corrected chi connectivity index (χ4v) is 2.61. The van der Waals surface area contributed by atoms with Crippen LogP contribution < -0.4 is 0 Å². The van der Waals surface area contributed by atoms with Crippen molar-refractivity contribution in [1.82, 2.24) is 4.90 Å². The van der Waals surface area contributed by atoms with Crippen molar-refractivity contribution in [2.75, 3.05) is 7.11 Å². The molecule has 0 atom stereocenters. The van der Waals surface area contributed by atoms with E-state index in [0.717, 1.165) is 24.0 Å². The Balaban J connectivity index is 1.75. The molecular weight excluding hydrogens is 274 g/mol. The highest BCUT2D eigenvalue weighted by molar-refractivity contribution is 5.94. The van der Waals surface area contributed by atoms with Crippen LogP contribution in [0, 0.1) is 0 Å². The predicted octanol–water partition coefficient (Wildman–Crippen LogP) is 3.64. The van der Waals surface area contributed by atoms with Crippen LogP contribution in [-0.2, 0) is 17.9 Å². The Hall–Kier alpha value is -2.13. The van der Waals surface area contributed by atoms with E-state index in [1.165, 1.54) is 5.56 Å². The van der Waals surface area contributed by atoms with E-state index < -0.39 is 0 Å². The minimum absolute atomic E-state index is 0.121. The standard InChI is InChI=1S/C19H21NO2/c1-22-14-16-7-9-17(10-8-16)19(21)20(18-11-12-18)13-15-5-3-2-4-6-15/h2-10,18H,11-14H2,1H3. The van der Waals surface area contributed by atoms with E-state index in [9.17, 15) is 4.79 Å². The summed E-state index contributed by atoms with van der Waals surface area (Å²) in [5, 5.41) is 0. The van der Waals surface area contributed by atoms with Gasteiger partial charge in [-0.25, -0.2) is 0 Å². The van der Waals surface area contributed by atoms with Crippen molar-refractivity contribution in [3.63, 3.8) is 0 Å². The highest BCUT2D eigenvalue weighted by Gasteiger charge is 2.32. The quantitative estimate of drug-likeness (QED) is 0.814. The summed E-state index contributed by atoms with van der Waals surface area (Å²) in [6.07, 6.45) is 2.22. The van der Waals surface area contributed by atoms with Crippen LogP contribution in [0.1, 0.15) is 34.3 Å². The lowest BCUT2D eigenvalue weighted by atomic mass is 10.1. The summed E-state index contributed by atoms with van der Waals surface area (Å²) < 4.78 is 5.11. The number of amides is 1. The lowest BCUT2D eigenvalue weighted by Gasteiger charge is -2.23. The molecule has 3 rings (SSSR count). The van der Waals surface area contributed by atoms with Crippen LogP contribution in [0.4, 0.5) is 0 Å². The summed E-state index contributed by atoms with van der Waals surface area (Å²) in [4.78, 5) is 14.8. The van der Waals surface area contributed by atoms with E-state index in [1.54, 1.807) is 7.11 Å². The maximum Gasteiger partial charge on any atom is 0.254 e. The highest BCUT2D eigenvalue weighted by atomic mass is 16.5. The number of hydrogen-bond acceptors (Lipinski definition) is 2. The molecule has 0 aromatic heterocycles. The zero-order valence-electron chi connectivity index (χ0n) is 12.9. The number of nitrogens with zero attached hydrogens (tertiary/aromatic N) is 1. The van der Waals surface area contributed by atoms with Crippen LogP contribution in [0.3, 0.4) is 0 Å². The maximum atomic E-state index is 12.8. The summed E-state index contributed by atoms with van der Waals surface area (Å²) in [5.41, 5.74) is 3.02. The van der Waals surface area contributed by atoms with Crippen LogP contribution in [0.2, 0.25) is 0 Å². The molecule has 0 aliphatic heterocycles. The number of rotatable bonds is 6. The number of carbonyl (C=O) groups excluding carboxylic acids is 1. The van der Waals surface area contributed by atoms with Gasteiger partial charge in [0.25, 0.3) is 5.91 Å². The first-order valence-corrected chi connectivity index (χ1v) is 7.70. The zero-order chi connectivity index (χ0) is 15.4. The second kappa shape index (κ2) is 6.75. The van der Waals surface area contributed by atoms with Gasteiger partial charge in [0.2, 0.25) is 0 Å². The van der Waals surface area contributed by atoms with Crippen molar-refractivity contribution in [2.45, 2.75) is 32.0 Å². The molecule has 1 amide bonds. The van der Waals surface area contributed by atoms with Crippen LogP contribution >= 0.6 is 0 Å². The molecule has 0 unspecified atom stereocenters. The molecule has 1 aliphatic rings. The SMILES string of the molecule is COCc1ccc(C(=O)N(Cc2ccccc2)C2CC2)cc1. The molecule has 22 heavy (non-hydrogen) atoms. The Morgan fingerprint density at radius 2 is 1.73 bits per heavy atom. The minimum Gasteiger partial charge on any atom is -0.380 e. The van der Waals surface area contributed by atoms with E-state index >= 15 is 0 Å². The summed E-state index contributed by atoms with van der Waals surface area (Å²) in [5.74, 6) is 0.121. The Bertz CT molecular complexity index is 618. The smallest absolute Gasteiger partial charge is 0.254 e. The van der Waals surface area contributed by atoms with Crippen LogP contribution in [0.25, 0.3) is 0 Å². The number of benzene rings is 2. The van der Waals surface area contributed by atoms with Crippen molar-refractivity contribution in [2.24, 2.45) is 0 Å². The molecule has 2 aromatic rings. The van der Waals surface area contributed by atoms with Gasteiger partial charge < -0.3 is 9.64 Å². The Morgan fingerprint density at radius 1 is 1.05 bits per heavy atom. The molecule has 1 aliphatic carbocycles. The zero-order valence-corrected chi connectivity index (χ0v) is 12.9. The maximum absolute atomic E-state index is 12.8. The predicted molar refractivity (Wildman–Crippen MR) is 86.5 cm³/mol. The molecule has 114 valence electrons. The first-order chi connectivity index (χ1) is 10.8. The van der Waals surface area contributed by atoms with Crippen LogP contribution in [0.15, 0.2) is 54.6 Å². The van der Waals surface area contributed by atoms with Crippen LogP contribution in [-0.4, -0.2) is 24.0 Å². The molecule has 3 heteroatoms. The molecule has 1 fully saturated rings. The topological polar surface area (TPSA) is 29.5 Å². The molecule has 3 nitrogen and oxygen atoms in total. The van der Waals surface area contributed by atoms with Gasteiger partial charge in [0.05, 0.1) is 6.61 Å². The van der Waals surface area contributed by atoms with Crippen molar-refractivity contribution in [1.29, 1.82) is 0 Å². The first kappa shape index (κ1) is 14.8. The molecule has 0 bridgehead atoms. The second-order valence-corrected chi connectivity index (χ2v) is 5.78. The summed E-state index contributed by atoms with van der Waals surface area (Å²) in [7, 11) is 1.67. The summed E-state index contributed by atoms with van der Waals surface area (Å²) in [6, 6.07) is 18.3. The molecule has 1 saturated carbocycles. The van der Waals surface area contributed by atoms with Gasteiger partial charge in [-0.2, -0.15) is 0 Å². The van der Waals surface area contributed by atoms with Gasteiger partial charge in [-0.3, -0.25) is 4.79 Å². The number of ether oxygens (including phenoxy) is 1. The average molecular weight is 295 g/mol. The molecule has 2 aromatic carbocycles. The monoisotopic (exact) mass is 295 g/mol. The second-order valence-electron chi connectivity index (χ2n) is 5.78. The van der Waals surface area contributed by atoms with Crippen molar-refractivity contribution >= 4 is 5.91 Å². The van der Waals surface area contributed by atoms with Crippen LogP contribution in [0.5, 0.6) is 0 Å². The molecular formula is C19H21NO2. The normalized spacial score (nSPS) is 13.9. The van der Waals surface area contributed by atoms with Crippen molar-refractivity contribution < 1.29 is 9.53 Å². The fourth-order valence-electron chi connectivity index (χ4n) is 2.61. The Kier molecular flexibility index (Phi) is 4.54. The van der Waals surface area contributed by atoms with Gasteiger partial charge >= 0.3 is 0 Å². The van der Waals surface area contributed by atoms with Gasteiger partial charge in [0.15, 0.2) is 0 Å². The lowest BCUT2D eigenvalue weighted by molar-refractivity contribution is 0.0730. The third-order valence-corrected chi connectivity index (χ3v) is 3.96. The minimum atomic E-state index is 0.121. The average Bonchev–Trinajstić information content (AvgIpc) is 3.39. The van der Waals surface area contributed by atoms with E-state index in [4.69, 9.17) is 4.74 Å². The van der Waals surface area contributed by atoms with Gasteiger partial charge in [-0.15, -0.1) is 0 Å². The Labute approximate surface area is 131 Å². The first-order valence-electron chi connectivity index (χ1n) is 7.70.